The third kappa shape index (κ3) is 2.62. The van der Waals surface area contributed by atoms with Crippen molar-refractivity contribution in [1.29, 1.82) is 0 Å². The first-order chi connectivity index (χ1) is 11.9. The Morgan fingerprint density at radius 2 is 1.88 bits per heavy atom. The van der Waals surface area contributed by atoms with Crippen LogP contribution in [-0.4, -0.2) is 47.4 Å². The number of carbonyl (C=O) groups is 1. The Morgan fingerprint density at radius 1 is 1.19 bits per heavy atom. The first-order valence-corrected chi connectivity index (χ1v) is 10.3. The molecular weight excluding hydrogens is 329 g/mol. The summed E-state index contributed by atoms with van der Waals surface area (Å²) in [6.45, 7) is 14.8. The van der Waals surface area contributed by atoms with E-state index in [1.165, 1.54) is 6.42 Å². The second kappa shape index (κ2) is 5.63. The quantitative estimate of drug-likeness (QED) is 0.660. The predicted octanol–water partition coefficient (Wildman–Crippen LogP) is 4.04. The second-order valence-corrected chi connectivity index (χ2v) is 10.7. The van der Waals surface area contributed by atoms with Gasteiger partial charge in [0.1, 0.15) is 5.60 Å². The fourth-order valence-electron chi connectivity index (χ4n) is 5.98. The van der Waals surface area contributed by atoms with Crippen LogP contribution in [-0.2, 0) is 14.0 Å². The van der Waals surface area contributed by atoms with Crippen molar-refractivity contribution in [3.05, 3.63) is 0 Å². The molecule has 0 N–H and O–H groups in total. The Morgan fingerprint density at radius 3 is 2.50 bits per heavy atom. The van der Waals surface area contributed by atoms with Crippen LogP contribution in [0, 0.1) is 17.3 Å². The van der Waals surface area contributed by atoms with Crippen molar-refractivity contribution in [3.8, 4) is 0 Å². The summed E-state index contributed by atoms with van der Waals surface area (Å²) in [6.07, 6.45) is 4.10. The number of nitrogens with zero attached hydrogens (tertiary/aromatic N) is 1. The predicted molar refractivity (Wildman–Crippen MR) is 101 cm³/mol. The third-order valence-electron chi connectivity index (χ3n) is 7.60. The molecule has 0 spiro atoms. The highest BCUT2D eigenvalue weighted by Crippen LogP contribution is 2.66. The molecule has 2 saturated heterocycles. The lowest BCUT2D eigenvalue weighted by molar-refractivity contribution is -0.199. The molecule has 146 valence electrons. The monoisotopic (exact) mass is 363 g/mol. The minimum absolute atomic E-state index is 0.0532. The maximum atomic E-state index is 12.8. The van der Waals surface area contributed by atoms with Gasteiger partial charge in [0.05, 0.1) is 17.6 Å². The van der Waals surface area contributed by atoms with Gasteiger partial charge in [-0.25, -0.2) is 4.79 Å². The van der Waals surface area contributed by atoms with E-state index in [1.807, 2.05) is 25.7 Å². The first-order valence-electron chi connectivity index (χ1n) is 10.3. The SMILES string of the molecule is CC1CCC(B2O[C@@H]3CC4CC(C4(C)C)[C@]3(C)O2)N1C(=O)OC(C)(C)C. The Kier molecular flexibility index (Phi) is 4.03. The Balaban J connectivity index is 1.52. The molecule has 2 heterocycles. The summed E-state index contributed by atoms with van der Waals surface area (Å²) in [7, 11) is -0.336. The minimum atomic E-state index is -0.493. The molecule has 2 bridgehead atoms. The molecular formula is C20H34BNO4. The van der Waals surface area contributed by atoms with Gasteiger partial charge in [-0.15, -0.1) is 0 Å². The average molecular weight is 363 g/mol. The van der Waals surface area contributed by atoms with Crippen molar-refractivity contribution >= 4 is 13.2 Å². The Labute approximate surface area is 158 Å². The van der Waals surface area contributed by atoms with Gasteiger partial charge in [-0.3, -0.25) is 0 Å². The maximum absolute atomic E-state index is 12.8. The van der Waals surface area contributed by atoms with E-state index in [0.29, 0.717) is 11.3 Å². The summed E-state index contributed by atoms with van der Waals surface area (Å²) >= 11 is 0. The van der Waals surface area contributed by atoms with Crippen molar-refractivity contribution in [3.63, 3.8) is 0 Å². The molecule has 1 amide bonds. The van der Waals surface area contributed by atoms with Crippen molar-refractivity contribution < 1.29 is 18.8 Å². The maximum Gasteiger partial charge on any atom is 0.482 e. The third-order valence-corrected chi connectivity index (χ3v) is 7.60. The van der Waals surface area contributed by atoms with Crippen LogP contribution in [0.5, 0.6) is 0 Å². The highest BCUT2D eigenvalue weighted by atomic mass is 16.7. The van der Waals surface area contributed by atoms with E-state index in [0.717, 1.165) is 25.2 Å². The number of likely N-dealkylation sites (tertiary alicyclic amines) is 1. The zero-order valence-corrected chi connectivity index (χ0v) is 17.4. The van der Waals surface area contributed by atoms with Crippen LogP contribution in [0.25, 0.3) is 0 Å². The van der Waals surface area contributed by atoms with Crippen LogP contribution in [0.2, 0.25) is 0 Å². The number of ether oxygens (including phenoxy) is 1. The molecule has 0 radical (unpaired) electrons. The van der Waals surface area contributed by atoms with Gasteiger partial charge in [-0.1, -0.05) is 13.8 Å². The Bertz CT molecular complexity index is 603. The van der Waals surface area contributed by atoms with Crippen LogP contribution in [0.1, 0.15) is 74.1 Å². The molecule has 2 aliphatic heterocycles. The van der Waals surface area contributed by atoms with Crippen molar-refractivity contribution in [2.75, 3.05) is 0 Å². The van der Waals surface area contributed by atoms with Crippen LogP contribution in [0.15, 0.2) is 0 Å². The fraction of sp³-hybridized carbons (Fsp3) is 0.950. The van der Waals surface area contributed by atoms with E-state index in [-0.39, 0.29) is 36.9 Å². The summed E-state index contributed by atoms with van der Waals surface area (Å²) in [5.41, 5.74) is -0.391. The zero-order chi connectivity index (χ0) is 19.1. The lowest BCUT2D eigenvalue weighted by Crippen LogP contribution is -2.65. The van der Waals surface area contributed by atoms with Gasteiger partial charge in [0, 0.05) is 6.04 Å². The molecule has 3 aliphatic carbocycles. The van der Waals surface area contributed by atoms with Crippen LogP contribution >= 0.6 is 0 Å². The molecule has 0 aromatic carbocycles. The molecule has 6 atom stereocenters. The van der Waals surface area contributed by atoms with Crippen molar-refractivity contribution in [1.82, 2.24) is 4.90 Å². The fourth-order valence-corrected chi connectivity index (χ4v) is 5.98. The first kappa shape index (κ1) is 18.6. The second-order valence-electron chi connectivity index (χ2n) is 10.7. The normalized spacial score (nSPS) is 43.9. The van der Waals surface area contributed by atoms with E-state index in [4.69, 9.17) is 14.0 Å². The van der Waals surface area contributed by atoms with E-state index in [9.17, 15) is 4.79 Å². The van der Waals surface area contributed by atoms with Gasteiger partial charge in [-0.05, 0) is 77.6 Å². The van der Waals surface area contributed by atoms with Crippen molar-refractivity contribution in [2.24, 2.45) is 17.3 Å². The van der Waals surface area contributed by atoms with Crippen LogP contribution in [0.4, 0.5) is 4.79 Å². The number of rotatable bonds is 1. The molecule has 6 heteroatoms. The topological polar surface area (TPSA) is 48.0 Å². The number of carbonyl (C=O) groups excluding carboxylic acids is 1. The summed E-state index contributed by atoms with van der Waals surface area (Å²) in [5, 5.41) is 0. The van der Waals surface area contributed by atoms with E-state index >= 15 is 0 Å². The van der Waals surface area contributed by atoms with Gasteiger partial charge in [0.25, 0.3) is 0 Å². The molecule has 4 unspecified atom stereocenters. The van der Waals surface area contributed by atoms with Gasteiger partial charge in [0.2, 0.25) is 0 Å². The molecule has 5 aliphatic rings. The van der Waals surface area contributed by atoms with E-state index in [2.05, 4.69) is 27.7 Å². The number of hydrogen-bond donors (Lipinski definition) is 0. The molecule has 0 aromatic heterocycles. The van der Waals surface area contributed by atoms with E-state index < -0.39 is 5.60 Å². The molecule has 3 saturated carbocycles. The Hall–Kier alpha value is -0.745. The summed E-state index contributed by atoms with van der Waals surface area (Å²) in [5.74, 6) is 1.22. The summed E-state index contributed by atoms with van der Waals surface area (Å²) in [4.78, 5) is 14.7. The largest absolute Gasteiger partial charge is 0.482 e. The molecule has 5 nitrogen and oxygen atoms in total. The molecule has 5 fully saturated rings. The van der Waals surface area contributed by atoms with Crippen molar-refractivity contribution in [2.45, 2.75) is 103 Å². The number of hydrogen-bond acceptors (Lipinski definition) is 4. The smallest absolute Gasteiger partial charge is 0.444 e. The van der Waals surface area contributed by atoms with Crippen LogP contribution < -0.4 is 0 Å². The lowest BCUT2D eigenvalue weighted by Gasteiger charge is -2.64. The van der Waals surface area contributed by atoms with Gasteiger partial charge >= 0.3 is 13.2 Å². The molecule has 5 rings (SSSR count). The van der Waals surface area contributed by atoms with E-state index in [1.54, 1.807) is 0 Å². The molecule has 0 aromatic rings. The summed E-state index contributed by atoms with van der Waals surface area (Å²) in [6, 6.07) is 0.155. The van der Waals surface area contributed by atoms with Crippen LogP contribution in [0.3, 0.4) is 0 Å². The van der Waals surface area contributed by atoms with Gasteiger partial charge in [-0.2, -0.15) is 0 Å². The lowest BCUT2D eigenvalue weighted by atomic mass is 9.43. The number of amides is 1. The zero-order valence-electron chi connectivity index (χ0n) is 17.4. The standard InChI is InChI=1S/C20H34BNO4/c1-12-8-9-16(22(12)17(23)24-18(2,3)4)21-25-15-11-13-10-14(19(13,5)6)20(15,7)26-21/h12-16H,8-11H2,1-7H3/t12?,13?,14?,15-,16?,20+/m1/s1. The minimum Gasteiger partial charge on any atom is -0.444 e. The molecule has 26 heavy (non-hydrogen) atoms. The average Bonchev–Trinajstić information content (AvgIpc) is 3.04. The highest BCUT2D eigenvalue weighted by molar-refractivity contribution is 6.48. The van der Waals surface area contributed by atoms with Gasteiger partial charge < -0.3 is 18.9 Å². The highest BCUT2D eigenvalue weighted by Gasteiger charge is 2.69. The summed E-state index contributed by atoms with van der Waals surface area (Å²) < 4.78 is 18.7. The van der Waals surface area contributed by atoms with Gasteiger partial charge in [0.15, 0.2) is 0 Å².